The zero-order valence-electron chi connectivity index (χ0n) is 23.8. The summed E-state index contributed by atoms with van der Waals surface area (Å²) in [7, 11) is 0. The Morgan fingerprint density at radius 3 is 2.50 bits per heavy atom. The van der Waals surface area contributed by atoms with E-state index in [9.17, 15) is 4.79 Å². The third kappa shape index (κ3) is 4.38. The van der Waals surface area contributed by atoms with Gasteiger partial charge in [0.25, 0.3) is 0 Å². The van der Waals surface area contributed by atoms with Gasteiger partial charge in [-0.2, -0.15) is 0 Å². The number of ether oxygens (including phenoxy) is 6. The second kappa shape index (κ2) is 9.93. The molecule has 6 aliphatic rings. The highest BCUT2D eigenvalue weighted by atomic mass is 127. The number of allylic oxidation sites excluding steroid dienone is 1. The lowest BCUT2D eigenvalue weighted by Crippen LogP contribution is -2.60. The molecular formula is C32H41IO7. The van der Waals surface area contributed by atoms with Crippen LogP contribution >= 0.6 is 22.6 Å². The predicted molar refractivity (Wildman–Crippen MR) is 156 cm³/mol. The normalized spacial score (nSPS) is 41.1. The molecule has 2 heterocycles. The summed E-state index contributed by atoms with van der Waals surface area (Å²) in [5.74, 6) is 0.837. The first-order valence-corrected chi connectivity index (χ1v) is 16.1. The van der Waals surface area contributed by atoms with E-state index >= 15 is 0 Å². The van der Waals surface area contributed by atoms with Crippen LogP contribution in [0.3, 0.4) is 0 Å². The second-order valence-corrected chi connectivity index (χ2v) is 14.7. The number of carbonyl (C=O) groups excluding carboxylic acids is 1. The number of benzene rings is 1. The molecule has 218 valence electrons. The van der Waals surface area contributed by atoms with Gasteiger partial charge in [0.05, 0.1) is 26.4 Å². The second-order valence-electron chi connectivity index (χ2n) is 13.5. The molecule has 7 unspecified atom stereocenters. The van der Waals surface area contributed by atoms with Gasteiger partial charge in [0.15, 0.2) is 11.6 Å². The Labute approximate surface area is 250 Å². The molecule has 0 radical (unpaired) electrons. The van der Waals surface area contributed by atoms with Crippen LogP contribution in [0.2, 0.25) is 0 Å². The van der Waals surface area contributed by atoms with Crippen molar-refractivity contribution in [3.63, 3.8) is 0 Å². The maximum Gasteiger partial charge on any atom is 0.514 e. The fourth-order valence-electron chi connectivity index (χ4n) is 9.92. The minimum atomic E-state index is -0.614. The van der Waals surface area contributed by atoms with Gasteiger partial charge < -0.3 is 28.4 Å². The lowest BCUT2D eigenvalue weighted by Gasteiger charge is -2.61. The van der Waals surface area contributed by atoms with Gasteiger partial charge in [0, 0.05) is 28.2 Å². The molecule has 0 bridgehead atoms. The fraction of sp³-hybridized carbons (Fsp3) is 0.719. The number of rotatable bonds is 3. The highest BCUT2D eigenvalue weighted by Gasteiger charge is 2.67. The van der Waals surface area contributed by atoms with Crippen molar-refractivity contribution in [3.8, 4) is 5.75 Å². The largest absolute Gasteiger partial charge is 0.514 e. The molecule has 3 saturated carbocycles. The van der Waals surface area contributed by atoms with Gasteiger partial charge in [-0.05, 0) is 102 Å². The average molecular weight is 665 g/mol. The maximum absolute atomic E-state index is 13.4. The Balaban J connectivity index is 1.22. The molecule has 0 N–H and O–H groups in total. The molecule has 2 aliphatic heterocycles. The van der Waals surface area contributed by atoms with E-state index in [0.717, 1.165) is 48.5 Å². The van der Waals surface area contributed by atoms with Crippen LogP contribution < -0.4 is 4.74 Å². The maximum atomic E-state index is 13.4. The summed E-state index contributed by atoms with van der Waals surface area (Å²) in [6.07, 6.45) is 8.23. The van der Waals surface area contributed by atoms with Crippen LogP contribution in [0, 0.1) is 38.1 Å². The molecule has 7 rings (SSSR count). The van der Waals surface area contributed by atoms with E-state index < -0.39 is 17.7 Å². The summed E-state index contributed by atoms with van der Waals surface area (Å²) >= 11 is 2.23. The highest BCUT2D eigenvalue weighted by molar-refractivity contribution is 14.1. The number of hydrogen-bond acceptors (Lipinski definition) is 7. The van der Waals surface area contributed by atoms with Crippen molar-refractivity contribution >= 4 is 28.7 Å². The molecule has 5 fully saturated rings. The van der Waals surface area contributed by atoms with E-state index in [-0.39, 0.29) is 28.8 Å². The fourth-order valence-corrected chi connectivity index (χ4v) is 10.4. The molecule has 2 saturated heterocycles. The van der Waals surface area contributed by atoms with Crippen molar-refractivity contribution < 1.29 is 33.2 Å². The first-order chi connectivity index (χ1) is 19.1. The van der Waals surface area contributed by atoms with Crippen LogP contribution in [-0.4, -0.2) is 50.3 Å². The monoisotopic (exact) mass is 664 g/mol. The smallest absolute Gasteiger partial charge is 0.430 e. The minimum Gasteiger partial charge on any atom is -0.430 e. The van der Waals surface area contributed by atoms with Gasteiger partial charge in [-0.25, -0.2) is 4.79 Å². The van der Waals surface area contributed by atoms with Crippen LogP contribution in [-0.2, 0) is 23.7 Å². The van der Waals surface area contributed by atoms with Crippen LogP contribution in [0.1, 0.15) is 65.7 Å². The molecule has 1 spiro atoms. The Morgan fingerprint density at radius 1 is 1.00 bits per heavy atom. The first-order valence-electron chi connectivity index (χ1n) is 15.0. The van der Waals surface area contributed by atoms with E-state index in [1.807, 2.05) is 18.2 Å². The van der Waals surface area contributed by atoms with Gasteiger partial charge >= 0.3 is 6.16 Å². The van der Waals surface area contributed by atoms with Crippen molar-refractivity contribution in [1.82, 2.24) is 0 Å². The summed E-state index contributed by atoms with van der Waals surface area (Å²) in [6, 6.07) is 7.53. The summed E-state index contributed by atoms with van der Waals surface area (Å²) < 4.78 is 38.0. The summed E-state index contributed by atoms with van der Waals surface area (Å²) in [5.41, 5.74) is 1.26. The topological polar surface area (TPSA) is 72.5 Å². The zero-order valence-corrected chi connectivity index (χ0v) is 25.9. The van der Waals surface area contributed by atoms with Gasteiger partial charge in [0.1, 0.15) is 11.9 Å². The van der Waals surface area contributed by atoms with Crippen molar-refractivity contribution in [1.29, 1.82) is 0 Å². The Kier molecular flexibility index (Phi) is 6.86. The molecule has 7 atom stereocenters. The van der Waals surface area contributed by atoms with Gasteiger partial charge in [-0.3, -0.25) is 0 Å². The molecule has 1 aromatic rings. The Morgan fingerprint density at radius 2 is 1.75 bits per heavy atom. The third-order valence-electron chi connectivity index (χ3n) is 11.6. The van der Waals surface area contributed by atoms with E-state index in [4.69, 9.17) is 28.4 Å². The lowest BCUT2D eigenvalue weighted by atomic mass is 9.46. The molecule has 0 aromatic heterocycles. The quantitative estimate of drug-likeness (QED) is 0.151. The Hall–Kier alpha value is -1.20. The average Bonchev–Trinajstić information content (AvgIpc) is 3.63. The molecule has 40 heavy (non-hydrogen) atoms. The van der Waals surface area contributed by atoms with Crippen LogP contribution in [0.5, 0.6) is 5.75 Å². The summed E-state index contributed by atoms with van der Waals surface area (Å²) in [5, 5.41) is 0. The van der Waals surface area contributed by atoms with Crippen LogP contribution in [0.15, 0.2) is 35.9 Å². The van der Waals surface area contributed by atoms with Gasteiger partial charge in [-0.15, -0.1) is 0 Å². The molecule has 1 aromatic carbocycles. The number of hydrogen-bond donors (Lipinski definition) is 0. The van der Waals surface area contributed by atoms with Gasteiger partial charge in [-0.1, -0.05) is 31.6 Å². The molecule has 0 amide bonds. The Bertz CT molecular complexity index is 1190. The van der Waals surface area contributed by atoms with Crippen molar-refractivity contribution in [2.24, 2.45) is 34.5 Å². The minimum absolute atomic E-state index is 0.0669. The SMILES string of the molecule is CC1(C2CCC3C4CC=C5CC6(CCC5(C)C4C(OC(=O)Oc4cccc(I)c4)CC32C)OCCO6)OCCO1. The number of carbonyl (C=O) groups is 1. The first kappa shape index (κ1) is 27.6. The predicted octanol–water partition coefficient (Wildman–Crippen LogP) is 6.87. The van der Waals surface area contributed by atoms with E-state index in [1.165, 1.54) is 5.57 Å². The number of fused-ring (bicyclic) bond motifs is 5. The van der Waals surface area contributed by atoms with E-state index in [0.29, 0.717) is 44.0 Å². The van der Waals surface area contributed by atoms with E-state index in [1.54, 1.807) is 6.07 Å². The van der Waals surface area contributed by atoms with Crippen LogP contribution in [0.4, 0.5) is 4.79 Å². The number of halogens is 1. The van der Waals surface area contributed by atoms with Gasteiger partial charge in [0.2, 0.25) is 0 Å². The molecule has 4 aliphatic carbocycles. The molecular weight excluding hydrogens is 623 g/mol. The third-order valence-corrected chi connectivity index (χ3v) is 12.2. The standard InChI is InChI=1S/C32H41IO7/c1-29-11-12-32(37-15-16-38-32)18-20(29)7-8-23-24-9-10-26(31(3)35-13-14-36-31)30(24,2)19-25(27(23)29)40-28(34)39-22-6-4-5-21(33)17-22/h4-7,17,23-27H,8-16,18-19H2,1-3H3. The van der Waals surface area contributed by atoms with Crippen LogP contribution in [0.25, 0.3) is 0 Å². The molecule has 8 heteroatoms. The van der Waals surface area contributed by atoms with E-state index in [2.05, 4.69) is 49.4 Å². The molecule has 7 nitrogen and oxygen atoms in total. The van der Waals surface area contributed by atoms with Crippen molar-refractivity contribution in [3.05, 3.63) is 39.5 Å². The summed E-state index contributed by atoms with van der Waals surface area (Å²) in [4.78, 5) is 13.4. The zero-order chi connectivity index (χ0) is 27.8. The lowest BCUT2D eigenvalue weighted by molar-refractivity contribution is -0.228. The van der Waals surface area contributed by atoms with Crippen molar-refractivity contribution in [2.45, 2.75) is 83.4 Å². The highest BCUT2D eigenvalue weighted by Crippen LogP contribution is 2.69. The summed E-state index contributed by atoms with van der Waals surface area (Å²) in [6.45, 7) is 9.52. The van der Waals surface area contributed by atoms with Crippen molar-refractivity contribution in [2.75, 3.05) is 26.4 Å².